The first-order chi connectivity index (χ1) is 11.3. The Morgan fingerprint density at radius 2 is 1.83 bits per heavy atom. The van der Waals surface area contributed by atoms with Crippen molar-refractivity contribution in [1.82, 2.24) is 19.9 Å². The maximum Gasteiger partial charge on any atom is 0.172 e. The summed E-state index contributed by atoms with van der Waals surface area (Å²) in [6.45, 7) is 6.09. The molecule has 5 heteroatoms. The Morgan fingerprint density at radius 3 is 2.52 bits per heavy atom. The number of likely N-dealkylation sites (tertiary alicyclic amines) is 1. The number of aromatic nitrogens is 3. The second-order valence-electron chi connectivity index (χ2n) is 5.99. The van der Waals surface area contributed by atoms with Crippen LogP contribution in [0.15, 0.2) is 24.3 Å². The molecule has 0 aliphatic carbocycles. The van der Waals surface area contributed by atoms with Crippen molar-refractivity contribution in [2.45, 2.75) is 26.3 Å². The molecule has 5 nitrogen and oxygen atoms in total. The lowest BCUT2D eigenvalue weighted by Crippen LogP contribution is -2.24. The van der Waals surface area contributed by atoms with Crippen LogP contribution >= 0.6 is 0 Å². The molecule has 1 aromatic carbocycles. The van der Waals surface area contributed by atoms with Gasteiger partial charge in [0.15, 0.2) is 12.0 Å². The highest BCUT2D eigenvalue weighted by molar-refractivity contribution is 5.81. The maximum atomic E-state index is 11.2. The summed E-state index contributed by atoms with van der Waals surface area (Å²) in [5, 5.41) is 8.11. The number of carbonyl (C=O) groups excluding carboxylic acids is 1. The zero-order chi connectivity index (χ0) is 16.1. The van der Waals surface area contributed by atoms with Crippen molar-refractivity contribution in [1.29, 1.82) is 0 Å². The Hall–Kier alpha value is -2.27. The molecule has 0 N–H and O–H groups in total. The van der Waals surface area contributed by atoms with E-state index in [9.17, 15) is 4.79 Å². The molecule has 1 aliphatic rings. The fourth-order valence-corrected chi connectivity index (χ4v) is 2.85. The van der Waals surface area contributed by atoms with Crippen molar-refractivity contribution in [2.24, 2.45) is 0 Å². The van der Waals surface area contributed by atoms with E-state index >= 15 is 0 Å². The molecule has 2 heterocycles. The number of hydrogen-bond acceptors (Lipinski definition) is 4. The number of carbonyl (C=O) groups is 1. The monoisotopic (exact) mass is 310 g/mol. The van der Waals surface area contributed by atoms with Crippen molar-refractivity contribution in [3.05, 3.63) is 46.8 Å². The van der Waals surface area contributed by atoms with Gasteiger partial charge in [-0.2, -0.15) is 0 Å². The number of aryl methyl sites for hydroxylation is 1. The van der Waals surface area contributed by atoms with Crippen LogP contribution in [-0.2, 0) is 6.54 Å². The van der Waals surface area contributed by atoms with Gasteiger partial charge in [-0.3, -0.25) is 4.79 Å². The van der Waals surface area contributed by atoms with E-state index < -0.39 is 0 Å². The van der Waals surface area contributed by atoms with Gasteiger partial charge in [-0.15, -0.1) is 5.10 Å². The lowest BCUT2D eigenvalue weighted by molar-refractivity contribution is 0.111. The number of aldehydes is 1. The molecule has 3 rings (SSSR count). The third-order valence-electron chi connectivity index (χ3n) is 4.25. The van der Waals surface area contributed by atoms with Gasteiger partial charge in [-0.25, -0.2) is 4.68 Å². The van der Waals surface area contributed by atoms with Crippen molar-refractivity contribution >= 4 is 18.4 Å². The number of benzene rings is 1. The minimum atomic E-state index is 0.398. The Balaban J connectivity index is 1.74. The van der Waals surface area contributed by atoms with Crippen molar-refractivity contribution < 1.29 is 4.79 Å². The lowest BCUT2D eigenvalue weighted by atomic mass is 10.1. The summed E-state index contributed by atoms with van der Waals surface area (Å²) in [5.74, 6) is 0. The van der Waals surface area contributed by atoms with Gasteiger partial charge in [0.05, 0.1) is 12.2 Å². The second kappa shape index (κ2) is 7.33. The summed E-state index contributed by atoms with van der Waals surface area (Å²) in [6, 6.07) is 8.27. The van der Waals surface area contributed by atoms with Crippen LogP contribution in [0.25, 0.3) is 12.2 Å². The Bertz CT molecular complexity index is 682. The SMILES string of the molecule is Cc1ccc(/C=C/c2c(C=O)nnn2CCN2CCCC2)cc1. The fraction of sp³-hybridized carbons (Fsp3) is 0.389. The average Bonchev–Trinajstić information content (AvgIpc) is 3.21. The molecule has 23 heavy (non-hydrogen) atoms. The highest BCUT2D eigenvalue weighted by Crippen LogP contribution is 2.12. The van der Waals surface area contributed by atoms with Crippen molar-refractivity contribution in [2.75, 3.05) is 19.6 Å². The van der Waals surface area contributed by atoms with Gasteiger partial charge in [-0.1, -0.05) is 41.1 Å². The quantitative estimate of drug-likeness (QED) is 0.770. The third kappa shape index (κ3) is 3.93. The van der Waals surface area contributed by atoms with Gasteiger partial charge >= 0.3 is 0 Å². The predicted octanol–water partition coefficient (Wildman–Crippen LogP) is 2.67. The Morgan fingerprint density at radius 1 is 1.09 bits per heavy atom. The van der Waals surface area contributed by atoms with Crippen molar-refractivity contribution in [3.8, 4) is 0 Å². The minimum absolute atomic E-state index is 0.398. The maximum absolute atomic E-state index is 11.2. The van der Waals surface area contributed by atoms with Gasteiger partial charge < -0.3 is 4.90 Å². The largest absolute Gasteiger partial charge is 0.301 e. The molecule has 120 valence electrons. The number of nitrogens with zero attached hydrogens (tertiary/aromatic N) is 4. The summed E-state index contributed by atoms with van der Waals surface area (Å²) in [7, 11) is 0. The first kappa shape index (κ1) is 15.6. The first-order valence-electron chi connectivity index (χ1n) is 8.12. The van der Waals surface area contributed by atoms with Gasteiger partial charge in [0.1, 0.15) is 0 Å². The molecule has 1 fully saturated rings. The second-order valence-corrected chi connectivity index (χ2v) is 5.99. The molecule has 0 radical (unpaired) electrons. The lowest BCUT2D eigenvalue weighted by Gasteiger charge is -2.14. The molecule has 2 aromatic rings. The van der Waals surface area contributed by atoms with Crippen LogP contribution in [0.5, 0.6) is 0 Å². The van der Waals surface area contributed by atoms with Crippen LogP contribution in [0, 0.1) is 6.92 Å². The van der Waals surface area contributed by atoms with E-state index in [1.54, 1.807) is 0 Å². The molecular weight excluding hydrogens is 288 g/mol. The summed E-state index contributed by atoms with van der Waals surface area (Å²) in [6.07, 6.45) is 7.25. The normalized spacial score (nSPS) is 15.5. The highest BCUT2D eigenvalue weighted by atomic mass is 16.1. The molecule has 0 atom stereocenters. The summed E-state index contributed by atoms with van der Waals surface area (Å²) < 4.78 is 1.83. The van der Waals surface area contributed by atoms with E-state index in [2.05, 4.69) is 46.4 Å². The van der Waals surface area contributed by atoms with E-state index in [-0.39, 0.29) is 0 Å². The smallest absolute Gasteiger partial charge is 0.172 e. The fourth-order valence-electron chi connectivity index (χ4n) is 2.85. The van der Waals surface area contributed by atoms with Gasteiger partial charge in [0.25, 0.3) is 0 Å². The molecule has 1 saturated heterocycles. The van der Waals surface area contributed by atoms with Gasteiger partial charge in [-0.05, 0) is 44.5 Å². The molecule has 0 amide bonds. The van der Waals surface area contributed by atoms with E-state index in [0.29, 0.717) is 5.69 Å². The van der Waals surface area contributed by atoms with E-state index in [4.69, 9.17) is 0 Å². The summed E-state index contributed by atoms with van der Waals surface area (Å²) >= 11 is 0. The van der Waals surface area contributed by atoms with Crippen LogP contribution < -0.4 is 0 Å². The molecule has 0 bridgehead atoms. The topological polar surface area (TPSA) is 51.0 Å². The van der Waals surface area contributed by atoms with E-state index in [1.165, 1.54) is 18.4 Å². The molecule has 0 unspecified atom stereocenters. The predicted molar refractivity (Wildman–Crippen MR) is 91.2 cm³/mol. The number of hydrogen-bond donors (Lipinski definition) is 0. The van der Waals surface area contributed by atoms with E-state index in [1.807, 2.05) is 16.8 Å². The van der Waals surface area contributed by atoms with Crippen LogP contribution in [0.3, 0.4) is 0 Å². The average molecular weight is 310 g/mol. The van der Waals surface area contributed by atoms with Crippen LogP contribution in [0.4, 0.5) is 0 Å². The van der Waals surface area contributed by atoms with Gasteiger partial charge in [0.2, 0.25) is 0 Å². The Labute approximate surface area is 136 Å². The van der Waals surface area contributed by atoms with Crippen molar-refractivity contribution in [3.63, 3.8) is 0 Å². The van der Waals surface area contributed by atoms with E-state index in [0.717, 1.165) is 43.7 Å². The van der Waals surface area contributed by atoms with Crippen LogP contribution in [-0.4, -0.2) is 45.8 Å². The molecule has 0 spiro atoms. The highest BCUT2D eigenvalue weighted by Gasteiger charge is 2.14. The van der Waals surface area contributed by atoms with Crippen LogP contribution in [0.1, 0.15) is 40.2 Å². The third-order valence-corrected chi connectivity index (χ3v) is 4.25. The zero-order valence-corrected chi connectivity index (χ0v) is 13.5. The van der Waals surface area contributed by atoms with Gasteiger partial charge in [0, 0.05) is 6.54 Å². The molecule has 1 aromatic heterocycles. The molecule has 0 saturated carbocycles. The summed E-state index contributed by atoms with van der Waals surface area (Å²) in [4.78, 5) is 13.6. The zero-order valence-electron chi connectivity index (χ0n) is 13.5. The Kier molecular flexibility index (Phi) is 4.98. The number of rotatable bonds is 6. The molecule has 1 aliphatic heterocycles. The minimum Gasteiger partial charge on any atom is -0.301 e. The standard InChI is InChI=1S/C18H22N4O/c1-15-4-6-16(7-5-15)8-9-18-17(14-23)19-20-22(18)13-12-21-10-2-3-11-21/h4-9,14H,2-3,10-13H2,1H3/b9-8+. The molecular formula is C18H22N4O. The van der Waals surface area contributed by atoms with Crippen LogP contribution in [0.2, 0.25) is 0 Å². The first-order valence-corrected chi connectivity index (χ1v) is 8.12. The summed E-state index contributed by atoms with van der Waals surface area (Å²) in [5.41, 5.74) is 3.50.